The molecule has 0 saturated carbocycles. The number of carbonyl (C=O) groups excluding carboxylic acids is 3. The fourth-order valence-electron chi connectivity index (χ4n) is 4.06. The van der Waals surface area contributed by atoms with E-state index in [4.69, 9.17) is 0 Å². The van der Waals surface area contributed by atoms with E-state index in [1.165, 1.54) is 12.1 Å². The maximum absolute atomic E-state index is 13.1. The summed E-state index contributed by atoms with van der Waals surface area (Å²) in [5.74, 6) is -2.17. The van der Waals surface area contributed by atoms with Crippen LogP contribution in [0.2, 0.25) is 0 Å². The van der Waals surface area contributed by atoms with Gasteiger partial charge < -0.3 is 25.7 Å². The van der Waals surface area contributed by atoms with Gasteiger partial charge >= 0.3 is 6.36 Å². The Balaban J connectivity index is 1.74. The Morgan fingerprint density at radius 2 is 1.94 bits per heavy atom. The molecule has 12 heteroatoms. The first kappa shape index (κ1) is 26.8. The van der Waals surface area contributed by atoms with Crippen molar-refractivity contribution in [2.24, 2.45) is 11.3 Å². The summed E-state index contributed by atoms with van der Waals surface area (Å²) < 4.78 is 41.4. The van der Waals surface area contributed by atoms with Gasteiger partial charge in [-0.3, -0.25) is 14.4 Å². The van der Waals surface area contributed by atoms with Gasteiger partial charge in [0.05, 0.1) is 6.07 Å². The number of aromatic amines is 1. The predicted octanol–water partition coefficient (Wildman–Crippen LogP) is 3.14. The Labute approximate surface area is 205 Å². The Morgan fingerprint density at radius 3 is 2.53 bits per heavy atom. The third-order valence-corrected chi connectivity index (χ3v) is 5.66. The molecule has 1 aliphatic heterocycles. The number of hydrogen-bond acceptors (Lipinski definition) is 5. The molecule has 1 aromatic heterocycles. The smallest absolute Gasteiger partial charge is 0.406 e. The number of benzene rings is 1. The Kier molecular flexibility index (Phi) is 7.81. The number of fused-ring (bicyclic) bond motifs is 1. The number of nitriles is 1. The van der Waals surface area contributed by atoms with Crippen molar-refractivity contribution >= 4 is 28.6 Å². The number of ether oxygens (including phenoxy) is 1. The van der Waals surface area contributed by atoms with E-state index < -0.39 is 36.0 Å². The number of nitrogens with zero attached hydrogens (tertiary/aromatic N) is 1. The fraction of sp³-hybridized carbons (Fsp3) is 0.500. The molecule has 2 heterocycles. The zero-order chi connectivity index (χ0) is 26.7. The van der Waals surface area contributed by atoms with Gasteiger partial charge in [0.2, 0.25) is 11.8 Å². The minimum atomic E-state index is -4.85. The molecule has 3 amide bonds. The van der Waals surface area contributed by atoms with Crippen LogP contribution >= 0.6 is 0 Å². The van der Waals surface area contributed by atoms with Crippen molar-refractivity contribution in [1.29, 1.82) is 5.26 Å². The molecule has 0 spiro atoms. The van der Waals surface area contributed by atoms with Gasteiger partial charge in [0.25, 0.3) is 5.91 Å². The summed E-state index contributed by atoms with van der Waals surface area (Å²) in [4.78, 5) is 40.7. The van der Waals surface area contributed by atoms with Crippen LogP contribution in [0.3, 0.4) is 0 Å². The van der Waals surface area contributed by atoms with Crippen LogP contribution in [0.25, 0.3) is 10.9 Å². The Bertz CT molecular complexity index is 1180. The number of alkyl halides is 3. The summed E-state index contributed by atoms with van der Waals surface area (Å²) >= 11 is 0. The van der Waals surface area contributed by atoms with Crippen LogP contribution in [0.5, 0.6) is 5.75 Å². The van der Waals surface area contributed by atoms with Crippen LogP contribution in [0.4, 0.5) is 13.2 Å². The summed E-state index contributed by atoms with van der Waals surface area (Å²) in [7, 11) is 0. The first-order valence-corrected chi connectivity index (χ1v) is 11.4. The molecule has 1 fully saturated rings. The molecular weight excluding hydrogens is 479 g/mol. The maximum atomic E-state index is 13.1. The number of amides is 3. The average molecular weight is 508 g/mol. The van der Waals surface area contributed by atoms with Gasteiger partial charge in [-0.2, -0.15) is 5.26 Å². The first-order valence-electron chi connectivity index (χ1n) is 11.4. The van der Waals surface area contributed by atoms with E-state index in [9.17, 15) is 32.8 Å². The monoisotopic (exact) mass is 507 g/mol. The number of H-pyrrole nitrogens is 1. The standard InChI is InChI=1S/C24H28F3N5O4/c1-23(2,3)11-19(22(35)30-15(12-28)8-13-6-7-29-20(13)33)32-21(34)18-10-14-9-16(36-24(25,26)27)4-5-17(14)31-18/h4-5,9-10,13,15,19,31H,6-8,11H2,1-3H3,(H,29,33)(H,30,35)(H,32,34)/t13-,15-,19-/m0/s1. The second-order valence-corrected chi connectivity index (χ2v) is 9.97. The lowest BCUT2D eigenvalue weighted by Gasteiger charge is -2.27. The molecule has 2 aromatic rings. The van der Waals surface area contributed by atoms with E-state index >= 15 is 0 Å². The number of halogens is 3. The van der Waals surface area contributed by atoms with Crippen LogP contribution in [-0.2, 0) is 9.59 Å². The number of carbonyl (C=O) groups is 3. The van der Waals surface area contributed by atoms with E-state index in [2.05, 4.69) is 25.7 Å². The number of nitrogens with one attached hydrogen (secondary N) is 4. The third-order valence-electron chi connectivity index (χ3n) is 5.66. The summed E-state index contributed by atoms with van der Waals surface area (Å²) in [6.45, 7) is 6.17. The lowest BCUT2D eigenvalue weighted by Crippen LogP contribution is -2.51. The normalized spacial score (nSPS) is 17.7. The molecule has 3 rings (SSSR count). The molecule has 1 aromatic carbocycles. The summed E-state index contributed by atoms with van der Waals surface area (Å²) in [6.07, 6.45) is -3.86. The van der Waals surface area contributed by atoms with Gasteiger partial charge in [-0.05, 0) is 48.9 Å². The molecule has 36 heavy (non-hydrogen) atoms. The minimum Gasteiger partial charge on any atom is -0.406 e. The van der Waals surface area contributed by atoms with E-state index in [0.717, 1.165) is 12.1 Å². The van der Waals surface area contributed by atoms with Gasteiger partial charge in [0.15, 0.2) is 0 Å². The highest BCUT2D eigenvalue weighted by molar-refractivity contribution is 6.00. The summed E-state index contributed by atoms with van der Waals surface area (Å²) in [5.41, 5.74) is 0.0822. The largest absolute Gasteiger partial charge is 0.573 e. The van der Waals surface area contributed by atoms with Crippen molar-refractivity contribution in [2.75, 3.05) is 6.54 Å². The quantitative estimate of drug-likeness (QED) is 0.435. The van der Waals surface area contributed by atoms with Crippen molar-refractivity contribution in [3.05, 3.63) is 30.0 Å². The van der Waals surface area contributed by atoms with Crippen LogP contribution in [0.1, 0.15) is 50.5 Å². The zero-order valence-electron chi connectivity index (χ0n) is 20.1. The molecule has 9 nitrogen and oxygen atoms in total. The van der Waals surface area contributed by atoms with Gasteiger partial charge in [0.1, 0.15) is 23.5 Å². The highest BCUT2D eigenvalue weighted by Crippen LogP contribution is 2.27. The zero-order valence-corrected chi connectivity index (χ0v) is 20.1. The molecule has 0 unspecified atom stereocenters. The highest BCUT2D eigenvalue weighted by atomic mass is 19.4. The van der Waals surface area contributed by atoms with Crippen molar-refractivity contribution in [3.8, 4) is 11.8 Å². The SMILES string of the molecule is CC(C)(C)C[C@H](NC(=O)c1cc2cc(OC(F)(F)F)ccc2[nH]1)C(=O)N[C@H](C#N)C[C@@H]1CCNC1=O. The van der Waals surface area contributed by atoms with Crippen molar-refractivity contribution in [3.63, 3.8) is 0 Å². The maximum Gasteiger partial charge on any atom is 0.573 e. The molecule has 0 aliphatic carbocycles. The van der Waals surface area contributed by atoms with E-state index in [-0.39, 0.29) is 35.8 Å². The van der Waals surface area contributed by atoms with E-state index in [1.807, 2.05) is 26.8 Å². The number of hydrogen-bond donors (Lipinski definition) is 4. The fourth-order valence-corrected chi connectivity index (χ4v) is 4.06. The molecule has 3 atom stereocenters. The van der Waals surface area contributed by atoms with E-state index in [1.54, 1.807) is 0 Å². The molecule has 1 aliphatic rings. The average Bonchev–Trinajstić information content (AvgIpc) is 3.36. The molecule has 1 saturated heterocycles. The van der Waals surface area contributed by atoms with Crippen LogP contribution < -0.4 is 20.7 Å². The topological polar surface area (TPSA) is 136 Å². The molecule has 4 N–H and O–H groups in total. The predicted molar refractivity (Wildman–Crippen MR) is 124 cm³/mol. The van der Waals surface area contributed by atoms with Gasteiger partial charge in [-0.25, -0.2) is 0 Å². The van der Waals surface area contributed by atoms with Crippen molar-refractivity contribution in [2.45, 2.75) is 58.5 Å². The second kappa shape index (κ2) is 10.5. The summed E-state index contributed by atoms with van der Waals surface area (Å²) in [5, 5.41) is 17.8. The Morgan fingerprint density at radius 1 is 1.22 bits per heavy atom. The van der Waals surface area contributed by atoms with Crippen molar-refractivity contribution in [1.82, 2.24) is 20.9 Å². The van der Waals surface area contributed by atoms with Crippen LogP contribution in [-0.4, -0.2) is 47.7 Å². The van der Waals surface area contributed by atoms with Crippen LogP contribution in [0, 0.1) is 22.7 Å². The van der Waals surface area contributed by atoms with Gasteiger partial charge in [-0.1, -0.05) is 20.8 Å². The van der Waals surface area contributed by atoms with Crippen LogP contribution in [0.15, 0.2) is 24.3 Å². The number of aromatic nitrogens is 1. The lowest BCUT2D eigenvalue weighted by molar-refractivity contribution is -0.274. The molecule has 0 bridgehead atoms. The molecular formula is C24H28F3N5O4. The highest BCUT2D eigenvalue weighted by Gasteiger charge is 2.33. The molecule has 0 radical (unpaired) electrons. The second-order valence-electron chi connectivity index (χ2n) is 9.97. The van der Waals surface area contributed by atoms with Gasteiger partial charge in [0, 0.05) is 23.4 Å². The summed E-state index contributed by atoms with van der Waals surface area (Å²) in [6, 6.07) is 5.06. The third kappa shape index (κ3) is 7.37. The number of rotatable bonds is 8. The van der Waals surface area contributed by atoms with Crippen molar-refractivity contribution < 1.29 is 32.3 Å². The lowest BCUT2D eigenvalue weighted by atomic mass is 9.87. The van der Waals surface area contributed by atoms with Gasteiger partial charge in [-0.15, -0.1) is 13.2 Å². The van der Waals surface area contributed by atoms with E-state index in [0.29, 0.717) is 23.9 Å². The first-order chi connectivity index (χ1) is 16.7. The molecule has 194 valence electrons. The minimum absolute atomic E-state index is 0.0420. The Hall–Kier alpha value is -3.75.